The molecule has 0 amide bonds. The van der Waals surface area contributed by atoms with Crippen LogP contribution in [0.15, 0.2) is 77.7 Å². The summed E-state index contributed by atoms with van der Waals surface area (Å²) in [6, 6.07) is 18.4. The quantitative estimate of drug-likeness (QED) is 0.426. The van der Waals surface area contributed by atoms with E-state index >= 15 is 0 Å². The van der Waals surface area contributed by atoms with E-state index in [1.807, 2.05) is 0 Å². The molecule has 0 aliphatic rings. The molecule has 0 bridgehead atoms. The Morgan fingerprint density at radius 1 is 0.633 bits per heavy atom. The van der Waals surface area contributed by atoms with Crippen LogP contribution in [0.3, 0.4) is 0 Å². The van der Waals surface area contributed by atoms with Gasteiger partial charge in [0, 0.05) is 5.56 Å². The molecule has 1 heterocycles. The van der Waals surface area contributed by atoms with Gasteiger partial charge in [0.2, 0.25) is 0 Å². The summed E-state index contributed by atoms with van der Waals surface area (Å²) in [6.45, 7) is 0. The van der Waals surface area contributed by atoms with E-state index < -0.39 is 10.1 Å². The molecule has 0 fully saturated rings. The number of aromatic nitrogens is 3. The lowest BCUT2D eigenvalue weighted by molar-refractivity contribution is 0.476. The Bertz CT molecular complexity index is 1290. The fraction of sp³-hybridized carbons (Fsp3) is 0. The lowest BCUT2D eigenvalue weighted by Crippen LogP contribution is -2.02. The van der Waals surface area contributed by atoms with Gasteiger partial charge in [0.25, 0.3) is 10.1 Å². The zero-order chi connectivity index (χ0) is 21.3. The second kappa shape index (κ2) is 7.54. The average molecular weight is 421 g/mol. The van der Waals surface area contributed by atoms with E-state index in [4.69, 9.17) is 0 Å². The first kappa shape index (κ1) is 19.5. The van der Waals surface area contributed by atoms with E-state index in [0.29, 0.717) is 16.7 Å². The third-order valence-electron chi connectivity index (χ3n) is 4.32. The number of nitrogens with zero attached hydrogens (tertiary/aromatic N) is 3. The Balaban J connectivity index is 1.98. The van der Waals surface area contributed by atoms with Crippen LogP contribution in [-0.2, 0) is 10.1 Å². The van der Waals surface area contributed by atoms with Crippen LogP contribution in [0, 0.1) is 0 Å². The summed E-state index contributed by atoms with van der Waals surface area (Å²) in [5, 5.41) is 20.5. The predicted molar refractivity (Wildman–Crippen MR) is 109 cm³/mol. The molecule has 8 nitrogen and oxygen atoms in total. The molecule has 0 spiro atoms. The van der Waals surface area contributed by atoms with E-state index in [9.17, 15) is 23.2 Å². The van der Waals surface area contributed by atoms with E-state index in [1.165, 1.54) is 30.3 Å². The van der Waals surface area contributed by atoms with Crippen LogP contribution in [0.4, 0.5) is 0 Å². The maximum absolute atomic E-state index is 11.5. The molecule has 4 aromatic rings. The number of hydrogen-bond acceptors (Lipinski definition) is 7. The van der Waals surface area contributed by atoms with Crippen molar-refractivity contribution in [3.8, 4) is 45.7 Å². The number of benzene rings is 3. The van der Waals surface area contributed by atoms with Crippen LogP contribution in [0.1, 0.15) is 0 Å². The van der Waals surface area contributed by atoms with Crippen LogP contribution in [-0.4, -0.2) is 38.1 Å². The Hall–Kier alpha value is -3.82. The van der Waals surface area contributed by atoms with Gasteiger partial charge in [0.05, 0.1) is 16.0 Å². The Kier molecular flexibility index (Phi) is 4.90. The molecule has 0 radical (unpaired) electrons. The Labute approximate surface area is 171 Å². The van der Waals surface area contributed by atoms with Gasteiger partial charge in [-0.2, -0.15) is 8.42 Å². The Morgan fingerprint density at radius 2 is 1.13 bits per heavy atom. The number of rotatable bonds is 4. The molecule has 0 unspecified atom stereocenters. The number of aromatic hydroxyl groups is 2. The van der Waals surface area contributed by atoms with Gasteiger partial charge < -0.3 is 10.2 Å². The molecule has 4 rings (SSSR count). The highest BCUT2D eigenvalue weighted by atomic mass is 32.2. The second-order valence-electron chi connectivity index (χ2n) is 6.34. The molecular weight excluding hydrogens is 406 g/mol. The van der Waals surface area contributed by atoms with Crippen molar-refractivity contribution in [2.75, 3.05) is 0 Å². The zero-order valence-electron chi connectivity index (χ0n) is 15.3. The molecule has 0 aliphatic carbocycles. The molecule has 3 N–H and O–H groups in total. The normalized spacial score (nSPS) is 11.4. The van der Waals surface area contributed by atoms with Crippen LogP contribution >= 0.6 is 0 Å². The fourth-order valence-electron chi connectivity index (χ4n) is 2.87. The molecule has 0 atom stereocenters. The largest absolute Gasteiger partial charge is 0.507 e. The van der Waals surface area contributed by atoms with Crippen LogP contribution in [0.2, 0.25) is 0 Å². The topological polar surface area (TPSA) is 134 Å². The summed E-state index contributed by atoms with van der Waals surface area (Å²) in [7, 11) is -4.42. The number of hydrogen-bond donors (Lipinski definition) is 3. The molecular formula is C21H15N3O5S. The lowest BCUT2D eigenvalue weighted by Gasteiger charge is -2.10. The van der Waals surface area contributed by atoms with E-state index in [0.717, 1.165) is 0 Å². The summed E-state index contributed by atoms with van der Waals surface area (Å²) in [5.74, 6) is 0.267. The minimum absolute atomic E-state index is 0.0513. The van der Waals surface area contributed by atoms with Crippen molar-refractivity contribution in [3.63, 3.8) is 0 Å². The third-order valence-corrected chi connectivity index (χ3v) is 5.17. The molecule has 9 heteroatoms. The van der Waals surface area contributed by atoms with Gasteiger partial charge in [-0.05, 0) is 36.4 Å². The van der Waals surface area contributed by atoms with Crippen molar-refractivity contribution in [2.24, 2.45) is 0 Å². The first-order valence-corrected chi connectivity index (χ1v) is 10.2. The average Bonchev–Trinajstić information content (AvgIpc) is 2.73. The maximum atomic E-state index is 11.5. The molecule has 30 heavy (non-hydrogen) atoms. The number of phenolic OH excluding ortho intramolecular Hbond substituents is 2. The van der Waals surface area contributed by atoms with Gasteiger partial charge >= 0.3 is 0 Å². The molecule has 0 aliphatic heterocycles. The maximum Gasteiger partial charge on any atom is 0.294 e. The third kappa shape index (κ3) is 3.84. The summed E-state index contributed by atoms with van der Waals surface area (Å²) in [6.07, 6.45) is 0. The summed E-state index contributed by atoms with van der Waals surface area (Å²) < 4.78 is 32.4. The summed E-state index contributed by atoms with van der Waals surface area (Å²) >= 11 is 0. The smallest absolute Gasteiger partial charge is 0.294 e. The Morgan fingerprint density at radius 3 is 1.63 bits per heavy atom. The van der Waals surface area contributed by atoms with Crippen LogP contribution in [0.25, 0.3) is 34.2 Å². The second-order valence-corrected chi connectivity index (χ2v) is 7.76. The summed E-state index contributed by atoms with van der Waals surface area (Å²) in [4.78, 5) is 12.8. The van der Waals surface area contributed by atoms with Gasteiger partial charge in [-0.25, -0.2) is 15.0 Å². The van der Waals surface area contributed by atoms with Crippen molar-refractivity contribution in [2.45, 2.75) is 4.90 Å². The van der Waals surface area contributed by atoms with E-state index in [-0.39, 0.29) is 33.9 Å². The SMILES string of the molecule is O=S(=O)(O)c1cccc(-c2nc(-c3ccccc3O)nc(-c3ccccc3O)n2)c1. The minimum Gasteiger partial charge on any atom is -0.507 e. The van der Waals surface area contributed by atoms with Crippen molar-refractivity contribution >= 4 is 10.1 Å². The van der Waals surface area contributed by atoms with Crippen LogP contribution in [0.5, 0.6) is 11.5 Å². The molecule has 3 aromatic carbocycles. The van der Waals surface area contributed by atoms with Crippen molar-refractivity contribution in [1.29, 1.82) is 0 Å². The van der Waals surface area contributed by atoms with Gasteiger partial charge in [0.1, 0.15) is 11.5 Å². The predicted octanol–water partition coefficient (Wildman–Crippen LogP) is 3.53. The van der Waals surface area contributed by atoms with Gasteiger partial charge in [-0.1, -0.05) is 36.4 Å². The minimum atomic E-state index is -4.42. The monoisotopic (exact) mass is 421 g/mol. The van der Waals surface area contributed by atoms with Gasteiger partial charge in [0.15, 0.2) is 17.5 Å². The van der Waals surface area contributed by atoms with Crippen molar-refractivity contribution < 1.29 is 23.2 Å². The zero-order valence-corrected chi connectivity index (χ0v) is 16.2. The molecule has 0 saturated carbocycles. The van der Waals surface area contributed by atoms with Gasteiger partial charge in [-0.15, -0.1) is 0 Å². The van der Waals surface area contributed by atoms with E-state index in [2.05, 4.69) is 15.0 Å². The lowest BCUT2D eigenvalue weighted by atomic mass is 10.1. The summed E-state index contributed by atoms with van der Waals surface area (Å²) in [5.41, 5.74) is 0.980. The number of para-hydroxylation sites is 2. The molecule has 1 aromatic heterocycles. The van der Waals surface area contributed by atoms with E-state index in [1.54, 1.807) is 42.5 Å². The first-order valence-electron chi connectivity index (χ1n) is 8.73. The highest BCUT2D eigenvalue weighted by molar-refractivity contribution is 7.85. The van der Waals surface area contributed by atoms with Crippen LogP contribution < -0.4 is 0 Å². The first-order chi connectivity index (χ1) is 14.3. The standard InChI is InChI=1S/C21H15N3O5S/c25-17-10-3-1-8-15(17)20-22-19(13-6-5-7-14(12-13)30(27,28)29)23-21(24-20)16-9-2-4-11-18(16)26/h1-12,25-26H,(H,27,28,29). The number of phenols is 2. The molecule has 150 valence electrons. The van der Waals surface area contributed by atoms with Gasteiger partial charge in [-0.3, -0.25) is 4.55 Å². The fourth-order valence-corrected chi connectivity index (χ4v) is 3.39. The van der Waals surface area contributed by atoms with Crippen molar-refractivity contribution in [3.05, 3.63) is 72.8 Å². The molecule has 0 saturated heterocycles. The van der Waals surface area contributed by atoms with Crippen molar-refractivity contribution in [1.82, 2.24) is 15.0 Å². The highest BCUT2D eigenvalue weighted by Crippen LogP contribution is 2.32. The highest BCUT2D eigenvalue weighted by Gasteiger charge is 2.17.